The normalized spacial score (nSPS) is 26.5. The van der Waals surface area contributed by atoms with Crippen LogP contribution in [0.4, 0.5) is 0 Å². The molecule has 7 N–H and O–H groups in total. The van der Waals surface area contributed by atoms with Crippen LogP contribution in [0.15, 0.2) is 100 Å². The Balaban J connectivity index is 1.24. The third-order valence-electron chi connectivity index (χ3n) is 9.48. The maximum atomic E-state index is 14.2. The molecular formula is C41H42O15. The van der Waals surface area contributed by atoms with Crippen molar-refractivity contribution in [3.8, 4) is 34.3 Å². The number of benzene rings is 4. The van der Waals surface area contributed by atoms with E-state index in [1.165, 1.54) is 6.07 Å². The summed E-state index contributed by atoms with van der Waals surface area (Å²) in [6, 6.07) is 26.7. The van der Waals surface area contributed by atoms with Crippen LogP contribution >= 0.6 is 0 Å². The molecule has 0 spiro atoms. The SMILES string of the molecule is Cc1cc(O)c2c(=O)c(O[C@@H]3OC(CO[C@@H]4OC(O)[C@H](O)CC4O)[C@@H](O)[C@@H](O)C3O)c(-c3ccc(OCc4ccccc4)c(OCc4ccccc4)c3)oc2c1. The van der Waals surface area contributed by atoms with Gasteiger partial charge in [-0.15, -0.1) is 0 Å². The summed E-state index contributed by atoms with van der Waals surface area (Å²) in [4.78, 5) is 14.2. The Hall–Kier alpha value is -5.07. The van der Waals surface area contributed by atoms with E-state index >= 15 is 0 Å². The summed E-state index contributed by atoms with van der Waals surface area (Å²) in [5, 5.41) is 73.2. The highest BCUT2D eigenvalue weighted by atomic mass is 16.8. The van der Waals surface area contributed by atoms with E-state index in [9.17, 15) is 40.5 Å². The number of ether oxygens (including phenoxy) is 6. The minimum Gasteiger partial charge on any atom is -0.507 e. The molecule has 15 heteroatoms. The zero-order chi connectivity index (χ0) is 39.5. The van der Waals surface area contributed by atoms with Crippen molar-refractivity contribution in [2.75, 3.05) is 6.61 Å². The molecule has 9 atom stereocenters. The second-order valence-electron chi connectivity index (χ2n) is 13.7. The van der Waals surface area contributed by atoms with Crippen LogP contribution in [-0.4, -0.2) is 97.8 Å². The fraction of sp³-hybridized carbons (Fsp3) is 0.341. The fourth-order valence-corrected chi connectivity index (χ4v) is 6.47. The van der Waals surface area contributed by atoms with Gasteiger partial charge in [-0.3, -0.25) is 4.79 Å². The number of aliphatic hydroxyl groups is 6. The quantitative estimate of drug-likeness (QED) is 0.0967. The first kappa shape index (κ1) is 39.2. The van der Waals surface area contributed by atoms with E-state index in [2.05, 4.69) is 0 Å². The largest absolute Gasteiger partial charge is 0.507 e. The molecule has 4 aromatic carbocycles. The van der Waals surface area contributed by atoms with E-state index in [-0.39, 0.29) is 47.7 Å². The summed E-state index contributed by atoms with van der Waals surface area (Å²) in [6.07, 6.45) is -14.8. The van der Waals surface area contributed by atoms with Crippen molar-refractivity contribution in [2.24, 2.45) is 0 Å². The molecule has 2 fully saturated rings. The van der Waals surface area contributed by atoms with Crippen LogP contribution in [-0.2, 0) is 27.4 Å². The third kappa shape index (κ3) is 8.51. The van der Waals surface area contributed by atoms with Crippen molar-refractivity contribution in [1.29, 1.82) is 0 Å². The van der Waals surface area contributed by atoms with Crippen molar-refractivity contribution in [1.82, 2.24) is 0 Å². The molecule has 15 nitrogen and oxygen atoms in total. The predicted octanol–water partition coefficient (Wildman–Crippen LogP) is 2.62. The monoisotopic (exact) mass is 774 g/mol. The topological polar surface area (TPSA) is 227 Å². The van der Waals surface area contributed by atoms with Crippen LogP contribution < -0.4 is 19.6 Å². The average Bonchev–Trinajstić information content (AvgIpc) is 3.19. The van der Waals surface area contributed by atoms with Crippen LogP contribution in [0, 0.1) is 6.92 Å². The summed E-state index contributed by atoms with van der Waals surface area (Å²) in [5.41, 5.74) is 1.83. The predicted molar refractivity (Wildman–Crippen MR) is 197 cm³/mol. The lowest BCUT2D eigenvalue weighted by Gasteiger charge is -2.41. The first-order valence-corrected chi connectivity index (χ1v) is 17.9. The average molecular weight is 775 g/mol. The minimum atomic E-state index is -1.91. The number of hydrogen-bond donors (Lipinski definition) is 7. The Labute approximate surface area is 320 Å². The molecular weight excluding hydrogens is 732 g/mol. The molecule has 3 heterocycles. The number of hydrogen-bond acceptors (Lipinski definition) is 15. The number of rotatable bonds is 12. The van der Waals surface area contributed by atoms with E-state index in [1.807, 2.05) is 60.7 Å². The van der Waals surface area contributed by atoms with Gasteiger partial charge in [-0.25, -0.2) is 0 Å². The lowest BCUT2D eigenvalue weighted by molar-refractivity contribution is -0.331. The molecule has 296 valence electrons. The molecule has 2 aliphatic heterocycles. The number of aromatic hydroxyl groups is 1. The second-order valence-corrected chi connectivity index (χ2v) is 13.7. The van der Waals surface area contributed by atoms with Gasteiger partial charge >= 0.3 is 0 Å². The van der Waals surface area contributed by atoms with Crippen molar-refractivity contribution in [2.45, 2.75) is 82.1 Å². The second kappa shape index (κ2) is 17.0. The molecule has 2 saturated heterocycles. The van der Waals surface area contributed by atoms with Gasteiger partial charge in [-0.1, -0.05) is 60.7 Å². The number of phenols is 1. The van der Waals surface area contributed by atoms with Crippen molar-refractivity contribution in [3.63, 3.8) is 0 Å². The van der Waals surface area contributed by atoms with Crippen LogP contribution in [0.5, 0.6) is 23.0 Å². The number of phenolic OH excluding ortho intramolecular Hbond substituents is 1. The highest BCUT2D eigenvalue weighted by molar-refractivity contribution is 5.87. The highest BCUT2D eigenvalue weighted by Gasteiger charge is 2.47. The van der Waals surface area contributed by atoms with E-state index < -0.39 is 79.0 Å². The first-order chi connectivity index (χ1) is 27.0. The van der Waals surface area contributed by atoms with Crippen molar-refractivity contribution in [3.05, 3.63) is 118 Å². The highest BCUT2D eigenvalue weighted by Crippen LogP contribution is 2.40. The van der Waals surface area contributed by atoms with Gasteiger partial charge in [0.15, 0.2) is 29.8 Å². The van der Waals surface area contributed by atoms with E-state index in [4.69, 9.17) is 32.8 Å². The van der Waals surface area contributed by atoms with Gasteiger partial charge in [0.25, 0.3) is 0 Å². The van der Waals surface area contributed by atoms with Crippen LogP contribution in [0.3, 0.4) is 0 Å². The molecule has 1 aromatic heterocycles. The lowest BCUT2D eigenvalue weighted by atomic mass is 9.99. The molecule has 0 radical (unpaired) electrons. The maximum absolute atomic E-state index is 14.2. The summed E-state index contributed by atoms with van der Waals surface area (Å²) in [5.74, 6) is -0.390. The summed E-state index contributed by atoms with van der Waals surface area (Å²) >= 11 is 0. The van der Waals surface area contributed by atoms with Gasteiger partial charge in [0.2, 0.25) is 17.5 Å². The number of aryl methyl sites for hydroxylation is 1. The van der Waals surface area contributed by atoms with E-state index in [1.54, 1.807) is 31.2 Å². The van der Waals surface area contributed by atoms with Crippen molar-refractivity contribution >= 4 is 11.0 Å². The minimum absolute atomic E-state index is 0.0243. The third-order valence-corrected chi connectivity index (χ3v) is 9.48. The van der Waals surface area contributed by atoms with E-state index in [0.717, 1.165) is 11.1 Å². The van der Waals surface area contributed by atoms with Crippen molar-refractivity contribution < 1.29 is 68.6 Å². The van der Waals surface area contributed by atoms with Gasteiger partial charge in [-0.05, 0) is 53.9 Å². The summed E-state index contributed by atoms with van der Waals surface area (Å²) in [7, 11) is 0. The Bertz CT molecular complexity index is 2160. The molecule has 0 aliphatic carbocycles. The first-order valence-electron chi connectivity index (χ1n) is 17.9. The zero-order valence-corrected chi connectivity index (χ0v) is 30.1. The van der Waals surface area contributed by atoms with Gasteiger partial charge in [0, 0.05) is 12.0 Å². The van der Waals surface area contributed by atoms with Crippen LogP contribution in [0.25, 0.3) is 22.3 Å². The van der Waals surface area contributed by atoms with Crippen LogP contribution in [0.1, 0.15) is 23.1 Å². The Kier molecular flexibility index (Phi) is 11.9. The Morgan fingerprint density at radius 1 is 0.714 bits per heavy atom. The van der Waals surface area contributed by atoms with Gasteiger partial charge < -0.3 is 68.6 Å². The number of fused-ring (bicyclic) bond motifs is 1. The smallest absolute Gasteiger partial charge is 0.239 e. The molecule has 2 aliphatic rings. The molecule has 7 rings (SSSR count). The van der Waals surface area contributed by atoms with Gasteiger partial charge in [0.05, 0.1) is 6.61 Å². The number of aliphatic hydroxyl groups excluding tert-OH is 6. The molecule has 4 unspecified atom stereocenters. The molecule has 0 bridgehead atoms. The standard InChI is InChI=1S/C41H42O15/c1-21-14-25(42)32-30(15-21)53-37(24-12-13-28(50-18-22-8-4-2-5-9-22)29(16-24)51-19-23-10-6-3-7-11-23)38(34(32)46)55-41-36(48)35(47)33(45)31(54-41)20-52-40-27(44)17-26(43)39(49)56-40/h2-16,26-27,31,33,35-36,39-45,47-49H,17-20H2,1H3/t26-,27?,31?,33-,35-,36?,39?,40-,41+/m1/s1. The summed E-state index contributed by atoms with van der Waals surface area (Å²) in [6.45, 7) is 1.54. The van der Waals surface area contributed by atoms with Gasteiger partial charge in [0.1, 0.15) is 66.6 Å². The zero-order valence-electron chi connectivity index (χ0n) is 30.1. The van der Waals surface area contributed by atoms with Gasteiger partial charge in [-0.2, -0.15) is 0 Å². The summed E-state index contributed by atoms with van der Waals surface area (Å²) < 4.78 is 41.2. The van der Waals surface area contributed by atoms with E-state index in [0.29, 0.717) is 11.3 Å². The van der Waals surface area contributed by atoms with Crippen LogP contribution in [0.2, 0.25) is 0 Å². The molecule has 5 aromatic rings. The Morgan fingerprint density at radius 2 is 1.38 bits per heavy atom. The molecule has 56 heavy (non-hydrogen) atoms. The maximum Gasteiger partial charge on any atom is 0.239 e. The molecule has 0 saturated carbocycles. The Morgan fingerprint density at radius 3 is 2.05 bits per heavy atom. The fourth-order valence-electron chi connectivity index (χ4n) is 6.47. The lowest BCUT2D eigenvalue weighted by Crippen LogP contribution is -2.61. The molecule has 0 amide bonds.